The first-order chi connectivity index (χ1) is 12.9. The zero-order chi connectivity index (χ0) is 19.8. The number of rotatable bonds is 6. The Morgan fingerprint density at radius 2 is 1.93 bits per heavy atom. The van der Waals surface area contributed by atoms with Gasteiger partial charge in [-0.05, 0) is 37.3 Å². The third-order valence-electron chi connectivity index (χ3n) is 5.75. The summed E-state index contributed by atoms with van der Waals surface area (Å²) >= 11 is 0. The fourth-order valence-electron chi connectivity index (χ4n) is 4.40. The number of carboxylic acids is 2. The first-order valence-electron chi connectivity index (χ1n) is 9.33. The average molecular weight is 373 g/mol. The largest absolute Gasteiger partial charge is 0.481 e. The highest BCUT2D eigenvalue weighted by Crippen LogP contribution is 2.43. The molecular formula is C20H23NO6. The van der Waals surface area contributed by atoms with Gasteiger partial charge in [-0.15, -0.1) is 0 Å². The molecule has 1 aromatic carbocycles. The predicted molar refractivity (Wildman–Crippen MR) is 95.5 cm³/mol. The van der Waals surface area contributed by atoms with Crippen molar-refractivity contribution in [3.05, 3.63) is 34.9 Å². The number of carboxylic acid groups (broad SMARTS) is 2. The minimum absolute atomic E-state index is 0.0466. The number of fused-ring (bicyclic) bond motifs is 1. The van der Waals surface area contributed by atoms with Crippen LogP contribution in [0, 0.1) is 5.92 Å². The van der Waals surface area contributed by atoms with E-state index in [1.165, 1.54) is 6.07 Å². The second-order valence-electron chi connectivity index (χ2n) is 7.25. The molecule has 2 unspecified atom stereocenters. The summed E-state index contributed by atoms with van der Waals surface area (Å²) in [4.78, 5) is 51.1. The zero-order valence-electron chi connectivity index (χ0n) is 15.2. The molecule has 2 amide bonds. The van der Waals surface area contributed by atoms with E-state index in [2.05, 4.69) is 0 Å². The number of amides is 2. The first-order valence-corrected chi connectivity index (χ1v) is 9.33. The summed E-state index contributed by atoms with van der Waals surface area (Å²) in [5.41, 5.74) is -0.937. The summed E-state index contributed by atoms with van der Waals surface area (Å²) in [5.74, 6) is -5.43. The molecule has 0 radical (unpaired) electrons. The number of imide groups is 1. The molecule has 2 N–H and O–H groups in total. The molecule has 2 aliphatic rings. The van der Waals surface area contributed by atoms with Crippen molar-refractivity contribution < 1.29 is 29.4 Å². The molecule has 2 atom stereocenters. The molecule has 1 aliphatic heterocycles. The summed E-state index contributed by atoms with van der Waals surface area (Å²) in [6.07, 6.45) is 3.43. The predicted octanol–water partition coefficient (Wildman–Crippen LogP) is 2.72. The van der Waals surface area contributed by atoms with Crippen LogP contribution < -0.4 is 0 Å². The molecule has 7 heteroatoms. The summed E-state index contributed by atoms with van der Waals surface area (Å²) < 4.78 is 0. The van der Waals surface area contributed by atoms with E-state index in [-0.39, 0.29) is 24.0 Å². The summed E-state index contributed by atoms with van der Waals surface area (Å²) in [6, 6.07) is 4.97. The van der Waals surface area contributed by atoms with E-state index in [1.807, 2.05) is 6.92 Å². The maximum atomic E-state index is 13.2. The third kappa shape index (κ3) is 2.81. The van der Waals surface area contributed by atoms with Crippen molar-refractivity contribution in [2.75, 3.05) is 0 Å². The van der Waals surface area contributed by atoms with Gasteiger partial charge in [-0.1, -0.05) is 38.3 Å². The Kier molecular flexibility index (Phi) is 5.04. The highest BCUT2D eigenvalue weighted by molar-refractivity contribution is 6.24. The van der Waals surface area contributed by atoms with Gasteiger partial charge in [-0.2, -0.15) is 0 Å². The number of aliphatic carboxylic acids is 2. The molecule has 144 valence electrons. The molecule has 1 heterocycles. The van der Waals surface area contributed by atoms with Crippen LogP contribution in [0.1, 0.15) is 71.7 Å². The Balaban J connectivity index is 2.13. The van der Waals surface area contributed by atoms with Crippen LogP contribution in [0.15, 0.2) is 18.2 Å². The highest BCUT2D eigenvalue weighted by atomic mass is 16.4. The monoisotopic (exact) mass is 373 g/mol. The number of benzene rings is 1. The molecule has 3 rings (SSSR count). The maximum absolute atomic E-state index is 13.2. The van der Waals surface area contributed by atoms with Gasteiger partial charge in [-0.25, -0.2) is 4.79 Å². The second kappa shape index (κ2) is 7.13. The van der Waals surface area contributed by atoms with E-state index in [0.717, 1.165) is 17.7 Å². The molecule has 0 bridgehead atoms. The minimum Gasteiger partial charge on any atom is -0.481 e. The molecule has 27 heavy (non-hydrogen) atoms. The normalized spacial score (nSPS) is 24.8. The number of carbonyl (C=O) groups excluding carboxylic acids is 2. The number of unbranched alkanes of at least 4 members (excludes halogenated alkanes) is 1. The molecule has 0 spiro atoms. The van der Waals surface area contributed by atoms with Crippen molar-refractivity contribution in [2.45, 2.75) is 57.4 Å². The summed E-state index contributed by atoms with van der Waals surface area (Å²) in [7, 11) is 0. The first kappa shape index (κ1) is 19.1. The van der Waals surface area contributed by atoms with Gasteiger partial charge >= 0.3 is 11.9 Å². The molecule has 0 aromatic heterocycles. The van der Waals surface area contributed by atoms with E-state index in [0.29, 0.717) is 24.8 Å². The van der Waals surface area contributed by atoms with Gasteiger partial charge in [0.2, 0.25) is 0 Å². The van der Waals surface area contributed by atoms with Gasteiger partial charge in [0.1, 0.15) is 0 Å². The Morgan fingerprint density at radius 1 is 1.19 bits per heavy atom. The number of nitrogens with zero attached hydrogens (tertiary/aromatic N) is 1. The standard InChI is InChI=1S/C20H23NO6/c1-2-3-7-12-8-6-9-13-15(12)17(23)21(16(13)22)20(19(26)27)11-5-4-10-14(20)18(24)25/h6,8-9,14H,2-5,7,10-11H2,1H3,(H,24,25)(H,26,27). The van der Waals surface area contributed by atoms with Gasteiger partial charge in [0.05, 0.1) is 17.0 Å². The minimum atomic E-state index is -2.04. The lowest BCUT2D eigenvalue weighted by molar-refractivity contribution is -0.164. The Bertz CT molecular complexity index is 817. The lowest BCUT2D eigenvalue weighted by atomic mass is 9.71. The van der Waals surface area contributed by atoms with E-state index < -0.39 is 35.2 Å². The van der Waals surface area contributed by atoms with Crippen LogP contribution in [0.5, 0.6) is 0 Å². The van der Waals surface area contributed by atoms with Gasteiger partial charge in [0, 0.05) is 0 Å². The molecule has 1 aliphatic carbocycles. The fraction of sp³-hybridized carbons (Fsp3) is 0.500. The number of carbonyl (C=O) groups is 4. The Morgan fingerprint density at radius 3 is 2.56 bits per heavy atom. The second-order valence-corrected chi connectivity index (χ2v) is 7.25. The van der Waals surface area contributed by atoms with Crippen LogP contribution in [-0.2, 0) is 16.0 Å². The van der Waals surface area contributed by atoms with Gasteiger partial charge in [0.15, 0.2) is 5.54 Å². The number of hydrogen-bond acceptors (Lipinski definition) is 4. The quantitative estimate of drug-likeness (QED) is 0.742. The van der Waals surface area contributed by atoms with Crippen molar-refractivity contribution in [3.63, 3.8) is 0 Å². The van der Waals surface area contributed by atoms with E-state index in [1.54, 1.807) is 12.1 Å². The average Bonchev–Trinajstić information content (AvgIpc) is 2.91. The van der Waals surface area contributed by atoms with Gasteiger partial charge in [-0.3, -0.25) is 19.3 Å². The SMILES string of the molecule is CCCCc1cccc2c1C(=O)N(C1(C(=O)O)CCCCC1C(=O)O)C2=O. The fourth-order valence-corrected chi connectivity index (χ4v) is 4.40. The number of hydrogen-bond donors (Lipinski definition) is 2. The molecule has 7 nitrogen and oxygen atoms in total. The van der Waals surface area contributed by atoms with Crippen LogP contribution in [0.4, 0.5) is 0 Å². The molecule has 1 aromatic rings. The summed E-state index contributed by atoms with van der Waals surface area (Å²) in [5, 5.41) is 19.6. The molecule has 0 saturated heterocycles. The van der Waals surface area contributed by atoms with Crippen molar-refractivity contribution in [1.82, 2.24) is 4.90 Å². The van der Waals surface area contributed by atoms with Crippen molar-refractivity contribution in [3.8, 4) is 0 Å². The molecule has 1 saturated carbocycles. The Labute approximate surface area is 157 Å². The van der Waals surface area contributed by atoms with Gasteiger partial charge < -0.3 is 10.2 Å². The molecular weight excluding hydrogens is 350 g/mol. The van der Waals surface area contributed by atoms with E-state index in [9.17, 15) is 29.4 Å². The highest BCUT2D eigenvalue weighted by Gasteiger charge is 2.61. The van der Waals surface area contributed by atoms with E-state index in [4.69, 9.17) is 0 Å². The van der Waals surface area contributed by atoms with Crippen LogP contribution in [0.25, 0.3) is 0 Å². The van der Waals surface area contributed by atoms with Crippen molar-refractivity contribution in [1.29, 1.82) is 0 Å². The molecule has 1 fully saturated rings. The lowest BCUT2D eigenvalue weighted by Gasteiger charge is -2.43. The van der Waals surface area contributed by atoms with Crippen molar-refractivity contribution in [2.24, 2.45) is 5.92 Å². The van der Waals surface area contributed by atoms with E-state index >= 15 is 0 Å². The smallest absolute Gasteiger partial charge is 0.331 e. The van der Waals surface area contributed by atoms with Gasteiger partial charge in [0.25, 0.3) is 11.8 Å². The van der Waals surface area contributed by atoms with Crippen molar-refractivity contribution >= 4 is 23.8 Å². The van der Waals surface area contributed by atoms with Crippen LogP contribution >= 0.6 is 0 Å². The lowest BCUT2D eigenvalue weighted by Crippen LogP contribution is -2.64. The zero-order valence-corrected chi connectivity index (χ0v) is 15.2. The topological polar surface area (TPSA) is 112 Å². The Hall–Kier alpha value is -2.70. The number of aryl methyl sites for hydroxylation is 1. The maximum Gasteiger partial charge on any atom is 0.331 e. The van der Waals surface area contributed by atoms with Crippen LogP contribution in [0.3, 0.4) is 0 Å². The van der Waals surface area contributed by atoms with Crippen LogP contribution in [0.2, 0.25) is 0 Å². The van der Waals surface area contributed by atoms with Crippen LogP contribution in [-0.4, -0.2) is 44.4 Å². The third-order valence-corrected chi connectivity index (χ3v) is 5.75. The summed E-state index contributed by atoms with van der Waals surface area (Å²) in [6.45, 7) is 2.02.